The van der Waals surface area contributed by atoms with Crippen LogP contribution in [0.25, 0.3) is 0 Å². The lowest BCUT2D eigenvalue weighted by atomic mass is 9.90. The summed E-state index contributed by atoms with van der Waals surface area (Å²) in [6, 6.07) is -14.3. The Labute approximate surface area is 186 Å². The number of hydrogen-bond acceptors (Lipinski definition) is 2. The van der Waals surface area contributed by atoms with E-state index in [1.807, 2.05) is 0 Å². The number of rotatable bonds is 10. The van der Waals surface area contributed by atoms with Crippen LogP contribution in [0.1, 0.15) is 0 Å². The van der Waals surface area contributed by atoms with Gasteiger partial charge < -0.3 is 0 Å². The first-order chi connectivity index (χ1) is 15.6. The molecular weight excluding hydrogens is 606 g/mol. The van der Waals surface area contributed by atoms with Crippen molar-refractivity contribution in [2.75, 3.05) is 7.05 Å². The maximum absolute atomic E-state index is 13.5. The summed E-state index contributed by atoms with van der Waals surface area (Å²) < 4.78 is 286. The third kappa shape index (κ3) is 4.36. The van der Waals surface area contributed by atoms with Crippen LogP contribution in [0.2, 0.25) is 0 Å². The van der Waals surface area contributed by atoms with Crippen molar-refractivity contribution in [1.82, 2.24) is 10.4 Å². The summed E-state index contributed by atoms with van der Waals surface area (Å²) in [4.78, 5) is 10.8. The molecule has 0 saturated carbocycles. The number of carbonyl (C=O) groups excluding carboxylic acids is 1. The van der Waals surface area contributed by atoms with Crippen LogP contribution in [-0.2, 0) is 4.79 Å². The lowest BCUT2D eigenvalue weighted by Gasteiger charge is -2.41. The Morgan fingerprint density at radius 3 is 1.11 bits per heavy atom. The first-order valence-corrected chi connectivity index (χ1v) is 7.79. The summed E-state index contributed by atoms with van der Waals surface area (Å²) in [6.07, 6.45) is -8.01. The van der Waals surface area contributed by atoms with Gasteiger partial charge in [0.15, 0.2) is 0 Å². The van der Waals surface area contributed by atoms with Crippen LogP contribution in [0, 0.1) is 0 Å². The van der Waals surface area contributed by atoms with Gasteiger partial charge in [-0.3, -0.25) is 10.1 Å². The fourth-order valence-electron chi connectivity index (χ4n) is 1.82. The molecule has 1 amide bonds. The van der Waals surface area contributed by atoms with E-state index in [4.69, 9.17) is 0 Å². The van der Waals surface area contributed by atoms with Gasteiger partial charge in [-0.15, -0.1) is 0 Å². The summed E-state index contributed by atoms with van der Waals surface area (Å²) in [5.74, 6) is -65.8. The largest absolute Gasteiger partial charge is 0.460 e. The standard InChI is InChI=1S/C12H4F22N2O/c1-35-11(30,31)9(25,26)12(32,33)36(34)2(37)3(13,14)4(15,16)5(17,18)6(19,20)7(21,22)8(23,24)10(27,28)29/h35H,1H3. The van der Waals surface area contributed by atoms with Crippen molar-refractivity contribution < 1.29 is 101 Å². The molecule has 0 aromatic rings. The first kappa shape index (κ1) is 34.9. The highest BCUT2D eigenvalue weighted by atomic mass is 19.4. The van der Waals surface area contributed by atoms with Crippen LogP contribution in [0.3, 0.4) is 0 Å². The molecule has 0 saturated heterocycles. The van der Waals surface area contributed by atoms with Crippen LogP contribution >= 0.6 is 0 Å². The zero-order valence-corrected chi connectivity index (χ0v) is 16.2. The van der Waals surface area contributed by atoms with Gasteiger partial charge in [0.05, 0.1) is 0 Å². The number of halogens is 22. The number of alkyl halides is 21. The van der Waals surface area contributed by atoms with Crippen LogP contribution in [0.15, 0.2) is 0 Å². The molecule has 0 aromatic carbocycles. The molecule has 3 nitrogen and oxygen atoms in total. The molecule has 0 spiro atoms. The topological polar surface area (TPSA) is 32.3 Å². The van der Waals surface area contributed by atoms with E-state index in [2.05, 4.69) is 0 Å². The summed E-state index contributed by atoms with van der Waals surface area (Å²) in [7, 11) is -0.337. The van der Waals surface area contributed by atoms with Crippen molar-refractivity contribution in [3.05, 3.63) is 0 Å². The van der Waals surface area contributed by atoms with E-state index in [1.54, 1.807) is 0 Å². The van der Waals surface area contributed by atoms with Crippen molar-refractivity contribution in [2.24, 2.45) is 0 Å². The van der Waals surface area contributed by atoms with Gasteiger partial charge in [-0.05, 0) is 7.05 Å². The third-order valence-corrected chi connectivity index (χ3v) is 4.11. The average molecular weight is 610 g/mol. The number of hydrogen-bond donors (Lipinski definition) is 1. The second-order valence-corrected chi connectivity index (χ2v) is 6.47. The fourth-order valence-corrected chi connectivity index (χ4v) is 1.82. The highest BCUT2D eigenvalue weighted by molar-refractivity contribution is 5.84. The maximum Gasteiger partial charge on any atom is 0.460 e. The van der Waals surface area contributed by atoms with Crippen molar-refractivity contribution in [3.63, 3.8) is 0 Å². The number of nitrogens with one attached hydrogen (secondary N) is 1. The van der Waals surface area contributed by atoms with Crippen LogP contribution in [0.4, 0.5) is 96.7 Å². The van der Waals surface area contributed by atoms with Gasteiger partial charge in [-0.2, -0.15) is 92.2 Å². The van der Waals surface area contributed by atoms with Gasteiger partial charge in [-0.1, -0.05) is 9.60 Å². The summed E-state index contributed by atoms with van der Waals surface area (Å²) in [5.41, 5.74) is 0. The predicted molar refractivity (Wildman–Crippen MR) is 67.6 cm³/mol. The summed E-state index contributed by atoms with van der Waals surface area (Å²) in [5, 5.41) is -4.38. The van der Waals surface area contributed by atoms with Gasteiger partial charge in [0.25, 0.3) is 0 Å². The highest BCUT2D eigenvalue weighted by Gasteiger charge is 2.94. The second-order valence-electron chi connectivity index (χ2n) is 6.47. The van der Waals surface area contributed by atoms with E-state index in [-0.39, 0.29) is 12.4 Å². The minimum absolute atomic E-state index is 0.0315. The normalized spacial score (nSPS) is 16.2. The second kappa shape index (κ2) is 8.71. The monoisotopic (exact) mass is 610 g/mol. The Morgan fingerprint density at radius 2 is 0.811 bits per heavy atom. The van der Waals surface area contributed by atoms with Crippen molar-refractivity contribution >= 4 is 5.91 Å². The molecule has 25 heteroatoms. The van der Waals surface area contributed by atoms with E-state index < -0.39 is 70.8 Å². The van der Waals surface area contributed by atoms with Crippen molar-refractivity contribution in [2.45, 2.75) is 59.7 Å². The van der Waals surface area contributed by atoms with Crippen LogP contribution in [-0.4, -0.2) is 77.8 Å². The average Bonchev–Trinajstić information content (AvgIpc) is 2.70. The maximum atomic E-state index is 13.5. The number of amides is 1. The van der Waals surface area contributed by atoms with Gasteiger partial charge in [0, 0.05) is 0 Å². The third-order valence-electron chi connectivity index (χ3n) is 4.11. The fraction of sp³-hybridized carbons (Fsp3) is 0.917. The lowest BCUT2D eigenvalue weighted by molar-refractivity contribution is -0.451. The van der Waals surface area contributed by atoms with E-state index >= 15 is 0 Å². The SMILES string of the molecule is CNC(F)(F)C(F)(F)C(F)(F)N(F)C(=O)C(F)(F)C(F)(F)C(F)(F)C(F)(F)C(F)(F)C(F)(F)C(F)(F)F. The first-order valence-electron chi connectivity index (χ1n) is 7.79. The van der Waals surface area contributed by atoms with E-state index in [1.165, 1.54) is 0 Å². The van der Waals surface area contributed by atoms with Gasteiger partial charge in [0.1, 0.15) is 0 Å². The van der Waals surface area contributed by atoms with E-state index in [9.17, 15) is 101 Å². The molecule has 0 aliphatic carbocycles. The lowest BCUT2D eigenvalue weighted by Crippen LogP contribution is -2.74. The molecule has 0 unspecified atom stereocenters. The molecule has 0 radical (unpaired) electrons. The zero-order chi connectivity index (χ0) is 30.9. The van der Waals surface area contributed by atoms with Gasteiger partial charge in [0.2, 0.25) is 0 Å². The molecule has 0 heterocycles. The van der Waals surface area contributed by atoms with Crippen molar-refractivity contribution in [1.29, 1.82) is 0 Å². The molecule has 0 rings (SSSR count). The van der Waals surface area contributed by atoms with Gasteiger partial charge >= 0.3 is 65.6 Å². The van der Waals surface area contributed by atoms with E-state index in [0.717, 1.165) is 0 Å². The summed E-state index contributed by atoms with van der Waals surface area (Å²) in [6.45, 7) is 0. The minimum Gasteiger partial charge on any atom is -0.265 e. The molecule has 0 aliphatic heterocycles. The Kier molecular flexibility index (Phi) is 8.21. The Morgan fingerprint density at radius 1 is 0.514 bits per heavy atom. The highest BCUT2D eigenvalue weighted by Crippen LogP contribution is 2.62. The molecule has 1 N–H and O–H groups in total. The van der Waals surface area contributed by atoms with Crippen molar-refractivity contribution in [3.8, 4) is 0 Å². The van der Waals surface area contributed by atoms with E-state index in [0.29, 0.717) is 0 Å². The predicted octanol–water partition coefficient (Wildman–Crippen LogP) is 6.11. The molecule has 0 fully saturated rings. The Hall–Kier alpha value is -2.11. The van der Waals surface area contributed by atoms with Crippen LogP contribution < -0.4 is 5.32 Å². The molecule has 222 valence electrons. The molecule has 0 atom stereocenters. The molecule has 0 bridgehead atoms. The number of nitrogens with zero attached hydrogens (tertiary/aromatic N) is 1. The molecule has 0 aromatic heterocycles. The minimum atomic E-state index is -9.06. The zero-order valence-electron chi connectivity index (χ0n) is 16.2. The quantitative estimate of drug-likeness (QED) is 0.184. The molecule has 37 heavy (non-hydrogen) atoms. The molecular formula is C12H4F22N2O. The summed E-state index contributed by atoms with van der Waals surface area (Å²) >= 11 is 0. The molecule has 0 aliphatic rings. The smallest absolute Gasteiger partial charge is 0.265 e. The van der Waals surface area contributed by atoms with Gasteiger partial charge in [-0.25, -0.2) is 0 Å². The Bertz CT molecular complexity index is 858. The number of carbonyl (C=O) groups is 1. The van der Waals surface area contributed by atoms with Crippen LogP contribution in [0.5, 0.6) is 0 Å². The Balaban J connectivity index is 6.87.